The van der Waals surface area contributed by atoms with Gasteiger partial charge < -0.3 is 10.6 Å². The van der Waals surface area contributed by atoms with E-state index in [1.54, 1.807) is 24.5 Å². The molecule has 2 amide bonds. The summed E-state index contributed by atoms with van der Waals surface area (Å²) in [5.74, 6) is -0.575. The number of rotatable bonds is 6. The van der Waals surface area contributed by atoms with Crippen molar-refractivity contribution in [3.63, 3.8) is 0 Å². The van der Waals surface area contributed by atoms with Gasteiger partial charge in [0.1, 0.15) is 0 Å². The molecule has 0 radical (unpaired) electrons. The van der Waals surface area contributed by atoms with E-state index in [9.17, 15) is 26.4 Å². The fourth-order valence-corrected chi connectivity index (χ4v) is 4.31. The Bertz CT molecular complexity index is 1200. The number of sulfone groups is 1. The molecule has 0 spiro atoms. The maximum atomic E-state index is 13.1. The summed E-state index contributed by atoms with van der Waals surface area (Å²) >= 11 is 0. The van der Waals surface area contributed by atoms with E-state index in [1.165, 1.54) is 43.3 Å². The van der Waals surface area contributed by atoms with Gasteiger partial charge >= 0.3 is 12.2 Å². The highest BCUT2D eigenvalue weighted by Crippen LogP contribution is 2.33. The second-order valence-electron chi connectivity index (χ2n) is 7.10. The number of aryl methyl sites for hydroxylation is 1. The molecule has 0 aliphatic carbocycles. The number of pyridine rings is 1. The zero-order valence-electron chi connectivity index (χ0n) is 17.0. The molecule has 6 nitrogen and oxygen atoms in total. The van der Waals surface area contributed by atoms with Crippen LogP contribution in [0.3, 0.4) is 0 Å². The largest absolute Gasteiger partial charge is 0.416 e. The van der Waals surface area contributed by atoms with E-state index in [0.29, 0.717) is 5.69 Å². The summed E-state index contributed by atoms with van der Waals surface area (Å²) in [6, 6.07) is 12.0. The summed E-state index contributed by atoms with van der Waals surface area (Å²) in [5.41, 5.74) is 0.383. The Morgan fingerprint density at radius 2 is 1.75 bits per heavy atom. The van der Waals surface area contributed by atoms with Crippen LogP contribution >= 0.6 is 0 Å². The van der Waals surface area contributed by atoms with Crippen molar-refractivity contribution in [2.75, 3.05) is 5.32 Å². The second kappa shape index (κ2) is 9.39. The lowest BCUT2D eigenvalue weighted by Crippen LogP contribution is -2.28. The Kier molecular flexibility index (Phi) is 6.83. The van der Waals surface area contributed by atoms with E-state index in [2.05, 4.69) is 15.6 Å². The second-order valence-corrected chi connectivity index (χ2v) is 9.09. The molecular weight excluding hydrogens is 443 g/mol. The number of anilines is 1. The summed E-state index contributed by atoms with van der Waals surface area (Å²) < 4.78 is 64.6. The molecule has 168 valence electrons. The lowest BCUT2D eigenvalue weighted by Gasteiger charge is -2.13. The van der Waals surface area contributed by atoms with Gasteiger partial charge in [-0.1, -0.05) is 18.2 Å². The first-order valence-corrected chi connectivity index (χ1v) is 11.1. The van der Waals surface area contributed by atoms with E-state index in [0.717, 1.165) is 11.6 Å². The van der Waals surface area contributed by atoms with Crippen molar-refractivity contribution in [2.45, 2.75) is 30.3 Å². The van der Waals surface area contributed by atoms with Crippen LogP contribution in [0.25, 0.3) is 0 Å². The van der Waals surface area contributed by atoms with Crippen LogP contribution in [0.1, 0.15) is 22.3 Å². The molecular formula is C22H20F3N3O3S. The van der Waals surface area contributed by atoms with Crippen LogP contribution in [-0.4, -0.2) is 19.4 Å². The minimum atomic E-state index is -4.56. The molecule has 3 rings (SSSR count). The summed E-state index contributed by atoms with van der Waals surface area (Å²) in [4.78, 5) is 15.9. The lowest BCUT2D eigenvalue weighted by molar-refractivity contribution is -0.138. The molecule has 0 aliphatic heterocycles. The van der Waals surface area contributed by atoms with Crippen LogP contribution in [0.5, 0.6) is 0 Å². The highest BCUT2D eigenvalue weighted by molar-refractivity contribution is 7.90. The number of nitrogens with one attached hydrogen (secondary N) is 2. The first kappa shape index (κ1) is 23.3. The van der Waals surface area contributed by atoms with Gasteiger partial charge in [-0.15, -0.1) is 0 Å². The lowest BCUT2D eigenvalue weighted by atomic mass is 10.1. The smallest absolute Gasteiger partial charge is 0.334 e. The Hall–Kier alpha value is -3.40. The number of urea groups is 1. The Morgan fingerprint density at radius 1 is 1.03 bits per heavy atom. The summed E-state index contributed by atoms with van der Waals surface area (Å²) in [5, 5.41) is 5.23. The highest BCUT2D eigenvalue weighted by Gasteiger charge is 2.32. The van der Waals surface area contributed by atoms with E-state index in [1.807, 2.05) is 0 Å². The average Bonchev–Trinajstić information content (AvgIpc) is 2.74. The van der Waals surface area contributed by atoms with Crippen LogP contribution in [0.2, 0.25) is 0 Å². The van der Waals surface area contributed by atoms with Gasteiger partial charge in [0.2, 0.25) is 0 Å². The number of halogens is 3. The third-order valence-electron chi connectivity index (χ3n) is 4.61. The van der Waals surface area contributed by atoms with Crippen LogP contribution < -0.4 is 10.6 Å². The maximum absolute atomic E-state index is 13.1. The van der Waals surface area contributed by atoms with Crippen molar-refractivity contribution in [2.24, 2.45) is 0 Å². The Labute approximate surface area is 183 Å². The van der Waals surface area contributed by atoms with Gasteiger partial charge in [-0.05, 0) is 60.0 Å². The van der Waals surface area contributed by atoms with Crippen LogP contribution in [0.15, 0.2) is 71.9 Å². The van der Waals surface area contributed by atoms with E-state index >= 15 is 0 Å². The van der Waals surface area contributed by atoms with E-state index in [4.69, 9.17) is 0 Å². The molecule has 10 heteroatoms. The van der Waals surface area contributed by atoms with Crippen molar-refractivity contribution < 1.29 is 26.4 Å². The van der Waals surface area contributed by atoms with Crippen molar-refractivity contribution in [1.29, 1.82) is 0 Å². The number of alkyl halides is 3. The molecule has 0 saturated heterocycles. The summed E-state index contributed by atoms with van der Waals surface area (Å²) in [6.07, 6.45) is -1.33. The molecule has 2 N–H and O–H groups in total. The Morgan fingerprint density at radius 3 is 2.38 bits per heavy atom. The number of amides is 2. The standard InChI is InChI=1S/C22H20F3N3O3S/c1-15-4-5-16(11-20(15)22(23,24)25)14-32(30,31)19-8-6-18(7-9-19)28-21(29)27-13-17-3-2-10-26-12-17/h2-12H,13-14H2,1H3,(H2,27,28,29). The van der Waals surface area contributed by atoms with Gasteiger partial charge in [-0.3, -0.25) is 4.98 Å². The van der Waals surface area contributed by atoms with Crippen LogP contribution in [0.4, 0.5) is 23.7 Å². The van der Waals surface area contributed by atoms with Gasteiger partial charge in [0.05, 0.1) is 16.2 Å². The van der Waals surface area contributed by atoms with Gasteiger partial charge in [-0.25, -0.2) is 13.2 Å². The maximum Gasteiger partial charge on any atom is 0.416 e. The summed E-state index contributed by atoms with van der Waals surface area (Å²) in [7, 11) is -3.88. The highest BCUT2D eigenvalue weighted by atomic mass is 32.2. The van der Waals surface area contributed by atoms with Crippen LogP contribution in [0, 0.1) is 6.92 Å². The zero-order chi connectivity index (χ0) is 23.4. The molecule has 3 aromatic rings. The zero-order valence-corrected chi connectivity index (χ0v) is 17.8. The molecule has 0 fully saturated rings. The predicted octanol–water partition coefficient (Wildman–Crippen LogP) is 4.70. The van der Waals surface area contributed by atoms with E-state index in [-0.39, 0.29) is 22.6 Å². The molecule has 1 aromatic heterocycles. The monoisotopic (exact) mass is 463 g/mol. The predicted molar refractivity (Wildman–Crippen MR) is 114 cm³/mol. The third kappa shape index (κ3) is 6.07. The number of carbonyl (C=O) groups excluding carboxylic acids is 1. The van der Waals surface area contributed by atoms with Gasteiger partial charge in [0.25, 0.3) is 0 Å². The van der Waals surface area contributed by atoms with Gasteiger partial charge in [0, 0.05) is 24.6 Å². The molecule has 2 aromatic carbocycles. The quantitative estimate of drug-likeness (QED) is 0.555. The molecule has 0 aliphatic rings. The molecule has 1 heterocycles. The first-order chi connectivity index (χ1) is 15.0. The topological polar surface area (TPSA) is 88.2 Å². The van der Waals surface area contributed by atoms with E-state index < -0.39 is 33.4 Å². The third-order valence-corrected chi connectivity index (χ3v) is 6.32. The van der Waals surface area contributed by atoms with Crippen molar-refractivity contribution in [3.8, 4) is 0 Å². The summed E-state index contributed by atoms with van der Waals surface area (Å²) in [6.45, 7) is 1.59. The Balaban J connectivity index is 1.65. The minimum Gasteiger partial charge on any atom is -0.334 e. The van der Waals surface area contributed by atoms with Gasteiger partial charge in [-0.2, -0.15) is 13.2 Å². The number of nitrogens with zero attached hydrogens (tertiary/aromatic N) is 1. The number of benzene rings is 2. The molecule has 0 saturated carbocycles. The van der Waals surface area contributed by atoms with Crippen LogP contribution in [-0.2, 0) is 28.3 Å². The minimum absolute atomic E-state index is 0.0240. The first-order valence-electron chi connectivity index (χ1n) is 9.48. The number of hydrogen-bond acceptors (Lipinski definition) is 4. The number of carbonyl (C=O) groups is 1. The molecule has 0 bridgehead atoms. The van der Waals surface area contributed by atoms with Crippen molar-refractivity contribution >= 4 is 21.6 Å². The number of aromatic nitrogens is 1. The fourth-order valence-electron chi connectivity index (χ4n) is 2.97. The normalized spacial score (nSPS) is 11.8. The SMILES string of the molecule is Cc1ccc(CS(=O)(=O)c2ccc(NC(=O)NCc3cccnc3)cc2)cc1C(F)(F)F. The molecule has 0 atom stereocenters. The fraction of sp³-hybridized carbons (Fsp3) is 0.182. The van der Waals surface area contributed by atoms with Gasteiger partial charge in [0.15, 0.2) is 9.84 Å². The number of hydrogen-bond donors (Lipinski definition) is 2. The average molecular weight is 463 g/mol. The molecule has 32 heavy (non-hydrogen) atoms. The molecule has 0 unspecified atom stereocenters. The van der Waals surface area contributed by atoms with Crippen molar-refractivity contribution in [1.82, 2.24) is 10.3 Å². The van der Waals surface area contributed by atoms with Crippen molar-refractivity contribution in [3.05, 3.63) is 89.2 Å².